The normalized spacial score (nSPS) is 23.5. The summed E-state index contributed by atoms with van der Waals surface area (Å²) in [4.78, 5) is 11.1. The Hall–Kier alpha value is -0.670. The van der Waals surface area contributed by atoms with Crippen molar-refractivity contribution in [2.75, 3.05) is 17.9 Å². The molecule has 106 valence electrons. The van der Waals surface area contributed by atoms with Crippen LogP contribution in [0.25, 0.3) is 0 Å². The topological polar surface area (TPSA) is 109 Å². The van der Waals surface area contributed by atoms with Crippen molar-refractivity contribution in [2.24, 2.45) is 0 Å². The molecule has 0 spiro atoms. The molecule has 1 aliphatic heterocycles. The molecule has 1 unspecified atom stereocenters. The van der Waals surface area contributed by atoms with Gasteiger partial charge < -0.3 is 5.11 Å². The van der Waals surface area contributed by atoms with E-state index in [2.05, 4.69) is 0 Å². The molecular weight excluding hydrogens is 282 g/mol. The van der Waals surface area contributed by atoms with Crippen LogP contribution in [0.2, 0.25) is 0 Å². The third-order valence-corrected chi connectivity index (χ3v) is 6.76. The number of nitrogens with zero attached hydrogens (tertiary/aromatic N) is 1. The molecule has 1 atom stereocenters. The first-order valence-electron chi connectivity index (χ1n) is 5.53. The maximum atomic E-state index is 12.0. The lowest BCUT2D eigenvalue weighted by Gasteiger charge is -2.25. The number of sulfone groups is 1. The van der Waals surface area contributed by atoms with Gasteiger partial charge in [0.2, 0.25) is 10.0 Å². The van der Waals surface area contributed by atoms with E-state index in [1.807, 2.05) is 0 Å². The first-order valence-corrected chi connectivity index (χ1v) is 9.20. The Morgan fingerprint density at radius 3 is 2.33 bits per heavy atom. The molecule has 1 saturated heterocycles. The second-order valence-electron chi connectivity index (χ2n) is 4.47. The highest BCUT2D eigenvalue weighted by Gasteiger charge is 2.37. The van der Waals surface area contributed by atoms with E-state index in [9.17, 15) is 21.6 Å². The molecule has 1 fully saturated rings. The minimum atomic E-state index is -4.09. The lowest BCUT2D eigenvalue weighted by atomic mass is 10.1. The maximum Gasteiger partial charge on any atom is 0.322 e. The van der Waals surface area contributed by atoms with Gasteiger partial charge in [0.05, 0.1) is 0 Å². The molecule has 1 rings (SSSR count). The van der Waals surface area contributed by atoms with Crippen molar-refractivity contribution in [3.8, 4) is 0 Å². The van der Waals surface area contributed by atoms with Gasteiger partial charge in [-0.05, 0) is 12.8 Å². The minimum absolute atomic E-state index is 0.0643. The Morgan fingerprint density at radius 1 is 1.22 bits per heavy atom. The van der Waals surface area contributed by atoms with Crippen LogP contribution in [0.1, 0.15) is 25.7 Å². The average Bonchev–Trinajstić information content (AvgIpc) is 2.38. The second kappa shape index (κ2) is 5.54. The number of hydrogen-bond donors (Lipinski definition) is 1. The maximum absolute atomic E-state index is 12.0. The van der Waals surface area contributed by atoms with Crippen LogP contribution in [-0.4, -0.2) is 56.1 Å². The van der Waals surface area contributed by atoms with E-state index in [1.54, 1.807) is 0 Å². The zero-order chi connectivity index (χ0) is 14.0. The molecule has 1 N–H and O–H groups in total. The van der Waals surface area contributed by atoms with Gasteiger partial charge in [0.15, 0.2) is 14.9 Å². The Bertz CT molecular complexity index is 509. The summed E-state index contributed by atoms with van der Waals surface area (Å²) in [6, 6.07) is -1.15. The molecule has 1 aliphatic rings. The second-order valence-corrected chi connectivity index (χ2v) is 8.90. The molecule has 0 bridgehead atoms. The van der Waals surface area contributed by atoms with E-state index < -0.39 is 37.0 Å². The molecule has 0 aromatic heterocycles. The van der Waals surface area contributed by atoms with Gasteiger partial charge in [-0.2, -0.15) is 4.31 Å². The Kier molecular flexibility index (Phi) is 4.73. The number of carboxylic acids is 1. The molecule has 0 radical (unpaired) electrons. The van der Waals surface area contributed by atoms with Crippen molar-refractivity contribution in [1.29, 1.82) is 0 Å². The quantitative estimate of drug-likeness (QED) is 0.760. The molecule has 0 saturated carbocycles. The molecular formula is C9H17NO6S2. The summed E-state index contributed by atoms with van der Waals surface area (Å²) in [5.41, 5.74) is 0. The predicted octanol–water partition coefficient (Wildman–Crippen LogP) is -0.352. The lowest BCUT2D eigenvalue weighted by Crippen LogP contribution is -2.46. The fraction of sp³-hybridized carbons (Fsp3) is 0.889. The zero-order valence-electron chi connectivity index (χ0n) is 10.1. The van der Waals surface area contributed by atoms with E-state index in [1.165, 1.54) is 0 Å². The fourth-order valence-electron chi connectivity index (χ4n) is 2.00. The van der Waals surface area contributed by atoms with Gasteiger partial charge >= 0.3 is 5.97 Å². The van der Waals surface area contributed by atoms with Crippen LogP contribution in [0.4, 0.5) is 0 Å². The van der Waals surface area contributed by atoms with Gasteiger partial charge in [-0.1, -0.05) is 12.8 Å². The van der Waals surface area contributed by atoms with Crippen molar-refractivity contribution < 1.29 is 26.7 Å². The van der Waals surface area contributed by atoms with Gasteiger partial charge in [-0.15, -0.1) is 0 Å². The first kappa shape index (κ1) is 15.4. The summed E-state index contributed by atoms with van der Waals surface area (Å²) in [5.74, 6) is -1.23. The molecule has 7 nitrogen and oxygen atoms in total. The Morgan fingerprint density at radius 2 is 1.83 bits per heavy atom. The average molecular weight is 299 g/mol. The van der Waals surface area contributed by atoms with Gasteiger partial charge in [0.1, 0.15) is 6.04 Å². The number of hydrogen-bond acceptors (Lipinski definition) is 5. The fourth-order valence-corrected chi connectivity index (χ4v) is 5.70. The van der Waals surface area contributed by atoms with E-state index in [0.29, 0.717) is 12.8 Å². The molecule has 0 aromatic rings. The highest BCUT2D eigenvalue weighted by atomic mass is 32.3. The number of sulfonamides is 1. The molecule has 1 heterocycles. The third kappa shape index (κ3) is 4.21. The SMILES string of the molecule is CS(=O)(=O)CS(=O)(=O)N1CCCCCC1C(=O)O. The minimum Gasteiger partial charge on any atom is -0.480 e. The third-order valence-electron chi connectivity index (χ3n) is 2.71. The summed E-state index contributed by atoms with van der Waals surface area (Å²) in [6.07, 6.45) is 2.96. The molecule has 18 heavy (non-hydrogen) atoms. The van der Waals surface area contributed by atoms with Crippen LogP contribution in [0.5, 0.6) is 0 Å². The van der Waals surface area contributed by atoms with Crippen LogP contribution in [-0.2, 0) is 24.7 Å². The lowest BCUT2D eigenvalue weighted by molar-refractivity contribution is -0.141. The summed E-state index contributed by atoms with van der Waals surface area (Å²) < 4.78 is 46.9. The smallest absolute Gasteiger partial charge is 0.322 e. The van der Waals surface area contributed by atoms with Crippen molar-refractivity contribution in [1.82, 2.24) is 4.31 Å². The summed E-state index contributed by atoms with van der Waals surface area (Å²) >= 11 is 0. The van der Waals surface area contributed by atoms with Crippen molar-refractivity contribution in [3.63, 3.8) is 0 Å². The van der Waals surface area contributed by atoms with Gasteiger partial charge in [-0.3, -0.25) is 4.79 Å². The summed E-state index contributed by atoms with van der Waals surface area (Å²) in [6.45, 7) is 0.0643. The van der Waals surface area contributed by atoms with Crippen LogP contribution < -0.4 is 0 Å². The highest BCUT2D eigenvalue weighted by Crippen LogP contribution is 2.21. The number of carbonyl (C=O) groups is 1. The highest BCUT2D eigenvalue weighted by molar-refractivity contribution is 8.06. The number of rotatable bonds is 4. The van der Waals surface area contributed by atoms with E-state index in [-0.39, 0.29) is 13.0 Å². The van der Waals surface area contributed by atoms with E-state index in [4.69, 9.17) is 5.11 Å². The monoisotopic (exact) mass is 299 g/mol. The van der Waals surface area contributed by atoms with Crippen molar-refractivity contribution in [3.05, 3.63) is 0 Å². The standard InChI is InChI=1S/C9H17NO6S2/c1-17(13,14)7-18(15,16)10-6-4-2-3-5-8(10)9(11)12/h8H,2-7H2,1H3,(H,11,12). The molecule has 0 aromatic carbocycles. The van der Waals surface area contributed by atoms with Gasteiger partial charge in [0, 0.05) is 12.8 Å². The van der Waals surface area contributed by atoms with Crippen LogP contribution in [0, 0.1) is 0 Å². The summed E-state index contributed by atoms with van der Waals surface area (Å²) in [5, 5.41) is 8.00. The molecule has 0 aliphatic carbocycles. The van der Waals surface area contributed by atoms with E-state index in [0.717, 1.165) is 17.0 Å². The largest absolute Gasteiger partial charge is 0.480 e. The number of carboxylic acid groups (broad SMARTS) is 1. The summed E-state index contributed by atoms with van der Waals surface area (Å²) in [7, 11) is -7.81. The van der Waals surface area contributed by atoms with Gasteiger partial charge in [-0.25, -0.2) is 16.8 Å². The molecule has 0 amide bonds. The van der Waals surface area contributed by atoms with Gasteiger partial charge in [0.25, 0.3) is 0 Å². The zero-order valence-corrected chi connectivity index (χ0v) is 11.7. The van der Waals surface area contributed by atoms with Crippen molar-refractivity contribution in [2.45, 2.75) is 31.7 Å². The van der Waals surface area contributed by atoms with Crippen LogP contribution in [0.15, 0.2) is 0 Å². The number of aliphatic carboxylic acids is 1. The predicted molar refractivity (Wildman–Crippen MR) is 65.2 cm³/mol. The first-order chi connectivity index (χ1) is 8.13. The Labute approximate surface area is 107 Å². The van der Waals surface area contributed by atoms with Crippen molar-refractivity contribution >= 4 is 25.8 Å². The van der Waals surface area contributed by atoms with Crippen LogP contribution >= 0.6 is 0 Å². The van der Waals surface area contributed by atoms with E-state index >= 15 is 0 Å². The van der Waals surface area contributed by atoms with Crippen LogP contribution in [0.3, 0.4) is 0 Å². The molecule has 9 heteroatoms. The Balaban J connectivity index is 3.05.